The van der Waals surface area contributed by atoms with Gasteiger partial charge in [0.1, 0.15) is 0 Å². The molecule has 3 rings (SSSR count). The maximum atomic E-state index is 12.2. The fraction of sp³-hybridized carbons (Fsp3) is 0.562. The van der Waals surface area contributed by atoms with Gasteiger partial charge in [-0.1, -0.05) is 6.42 Å². The summed E-state index contributed by atoms with van der Waals surface area (Å²) in [4.78, 5) is 12.2. The lowest BCUT2D eigenvalue weighted by Crippen LogP contribution is -2.40. The summed E-state index contributed by atoms with van der Waals surface area (Å²) < 4.78 is 1.16. The summed E-state index contributed by atoms with van der Waals surface area (Å²) in [5.74, 6) is 2.57. The molecule has 0 saturated heterocycles. The molecule has 1 aromatic rings. The van der Waals surface area contributed by atoms with Gasteiger partial charge in [-0.15, -0.1) is 0 Å². The molecule has 1 amide bonds. The molecule has 2 bridgehead atoms. The van der Waals surface area contributed by atoms with E-state index in [1.54, 1.807) is 0 Å². The van der Waals surface area contributed by atoms with Crippen molar-refractivity contribution in [2.75, 3.05) is 0 Å². The van der Waals surface area contributed by atoms with Gasteiger partial charge in [-0.2, -0.15) is 0 Å². The van der Waals surface area contributed by atoms with E-state index in [4.69, 9.17) is 0 Å². The second-order valence-corrected chi connectivity index (χ2v) is 7.35. The van der Waals surface area contributed by atoms with Crippen molar-refractivity contribution < 1.29 is 4.79 Å². The van der Waals surface area contributed by atoms with E-state index < -0.39 is 0 Å². The highest BCUT2D eigenvalue weighted by atomic mass is 127. The summed E-state index contributed by atoms with van der Waals surface area (Å²) in [5, 5.41) is 3.20. The molecule has 0 unspecified atom stereocenters. The normalized spacial score (nSPS) is 30.3. The molecular weight excluding hydrogens is 349 g/mol. The molecular formula is C16H20INO. The van der Waals surface area contributed by atoms with E-state index in [2.05, 4.69) is 34.8 Å². The van der Waals surface area contributed by atoms with Crippen LogP contribution in [0.3, 0.4) is 0 Å². The van der Waals surface area contributed by atoms with Gasteiger partial charge in [-0.3, -0.25) is 4.79 Å². The Morgan fingerprint density at radius 3 is 2.58 bits per heavy atom. The second-order valence-electron chi connectivity index (χ2n) is 6.11. The zero-order valence-corrected chi connectivity index (χ0v) is 13.4. The van der Waals surface area contributed by atoms with Crippen LogP contribution in [0.5, 0.6) is 0 Å². The lowest BCUT2D eigenvalue weighted by atomic mass is 9.84. The fourth-order valence-electron chi connectivity index (χ4n) is 3.90. The van der Waals surface area contributed by atoms with Crippen molar-refractivity contribution >= 4 is 28.5 Å². The Kier molecular flexibility index (Phi) is 3.83. The number of fused-ring (bicyclic) bond motifs is 2. The molecule has 2 nitrogen and oxygen atoms in total. The Bertz CT molecular complexity index is 470. The SMILES string of the molecule is C[C@@H](NC(=O)c1ccc(I)cc1)[C@H]1C[C@H]2CC[C@H]1C2. The molecule has 1 aromatic carbocycles. The van der Waals surface area contributed by atoms with E-state index in [0.717, 1.165) is 21.0 Å². The van der Waals surface area contributed by atoms with E-state index in [-0.39, 0.29) is 5.91 Å². The van der Waals surface area contributed by atoms with Crippen LogP contribution in [0.2, 0.25) is 0 Å². The zero-order chi connectivity index (χ0) is 13.4. The summed E-state index contributed by atoms with van der Waals surface area (Å²) in [5.41, 5.74) is 0.774. The molecule has 3 heteroatoms. The molecule has 0 radical (unpaired) electrons. The predicted molar refractivity (Wildman–Crippen MR) is 85.0 cm³/mol. The van der Waals surface area contributed by atoms with Gasteiger partial charge in [-0.25, -0.2) is 0 Å². The van der Waals surface area contributed by atoms with Crippen molar-refractivity contribution in [3.63, 3.8) is 0 Å². The third kappa shape index (κ3) is 2.81. The Labute approximate surface area is 128 Å². The van der Waals surface area contributed by atoms with E-state index in [9.17, 15) is 4.79 Å². The monoisotopic (exact) mass is 369 g/mol. The van der Waals surface area contributed by atoms with Crippen molar-refractivity contribution in [2.45, 2.75) is 38.6 Å². The topological polar surface area (TPSA) is 29.1 Å². The second kappa shape index (κ2) is 5.43. The molecule has 2 fully saturated rings. The first-order chi connectivity index (χ1) is 9.13. The first-order valence-electron chi connectivity index (χ1n) is 7.20. The average molecular weight is 369 g/mol. The number of hydrogen-bond donors (Lipinski definition) is 1. The Morgan fingerprint density at radius 2 is 2.00 bits per heavy atom. The predicted octanol–water partition coefficient (Wildman–Crippen LogP) is 3.85. The zero-order valence-electron chi connectivity index (χ0n) is 11.2. The number of carbonyl (C=O) groups excluding carboxylic acids is 1. The number of halogens is 1. The van der Waals surface area contributed by atoms with Gasteiger partial charge in [0.05, 0.1) is 0 Å². The quantitative estimate of drug-likeness (QED) is 0.806. The highest BCUT2D eigenvalue weighted by molar-refractivity contribution is 14.1. The summed E-state index contributed by atoms with van der Waals surface area (Å²) >= 11 is 2.26. The Hall–Kier alpha value is -0.580. The van der Waals surface area contributed by atoms with Crippen LogP contribution in [-0.4, -0.2) is 11.9 Å². The molecule has 19 heavy (non-hydrogen) atoms. The summed E-state index contributed by atoms with van der Waals surface area (Å²) in [7, 11) is 0. The highest BCUT2D eigenvalue weighted by Gasteiger charge is 2.42. The first kappa shape index (κ1) is 13.4. The van der Waals surface area contributed by atoms with Crippen LogP contribution in [0, 0.1) is 21.3 Å². The van der Waals surface area contributed by atoms with Gasteiger partial charge in [-0.05, 0) is 90.8 Å². The first-order valence-corrected chi connectivity index (χ1v) is 8.28. The van der Waals surface area contributed by atoms with Crippen LogP contribution >= 0.6 is 22.6 Å². The largest absolute Gasteiger partial charge is 0.349 e. The van der Waals surface area contributed by atoms with Gasteiger partial charge in [0.2, 0.25) is 0 Å². The lowest BCUT2D eigenvalue weighted by molar-refractivity contribution is 0.0915. The van der Waals surface area contributed by atoms with Crippen molar-refractivity contribution in [3.8, 4) is 0 Å². The van der Waals surface area contributed by atoms with Crippen LogP contribution in [0.1, 0.15) is 43.0 Å². The van der Waals surface area contributed by atoms with Gasteiger partial charge < -0.3 is 5.32 Å². The van der Waals surface area contributed by atoms with Crippen molar-refractivity contribution in [3.05, 3.63) is 33.4 Å². The molecule has 102 valence electrons. The number of carbonyl (C=O) groups is 1. The van der Waals surface area contributed by atoms with E-state index in [1.165, 1.54) is 25.7 Å². The van der Waals surface area contributed by atoms with Crippen LogP contribution in [0.4, 0.5) is 0 Å². The average Bonchev–Trinajstić information content (AvgIpc) is 3.01. The van der Waals surface area contributed by atoms with Gasteiger partial charge in [0.25, 0.3) is 5.91 Å². The minimum Gasteiger partial charge on any atom is -0.349 e. The van der Waals surface area contributed by atoms with Crippen molar-refractivity contribution in [1.82, 2.24) is 5.32 Å². The lowest BCUT2D eigenvalue weighted by Gasteiger charge is -2.28. The summed E-state index contributed by atoms with van der Waals surface area (Å²) in [6.45, 7) is 2.18. The number of nitrogens with one attached hydrogen (secondary N) is 1. The Balaban J connectivity index is 1.61. The molecule has 4 atom stereocenters. The maximum absolute atomic E-state index is 12.2. The molecule has 0 spiro atoms. The standard InChI is InChI=1S/C16H20INO/c1-10(15-9-11-2-3-13(15)8-11)18-16(19)12-4-6-14(17)7-5-12/h4-7,10-11,13,15H,2-3,8-9H2,1H3,(H,18,19)/t10-,11+,13+,15-/m1/s1. The molecule has 1 N–H and O–H groups in total. The minimum atomic E-state index is 0.0756. The Morgan fingerprint density at radius 1 is 1.26 bits per heavy atom. The van der Waals surface area contributed by atoms with Crippen LogP contribution in [0.15, 0.2) is 24.3 Å². The molecule has 2 aliphatic carbocycles. The van der Waals surface area contributed by atoms with Crippen LogP contribution in [0.25, 0.3) is 0 Å². The number of benzene rings is 1. The summed E-state index contributed by atoms with van der Waals surface area (Å²) in [6.07, 6.45) is 5.51. The maximum Gasteiger partial charge on any atom is 0.251 e. The molecule has 2 saturated carbocycles. The van der Waals surface area contributed by atoms with Crippen LogP contribution in [-0.2, 0) is 0 Å². The third-order valence-corrected chi connectivity index (χ3v) is 5.62. The van der Waals surface area contributed by atoms with E-state index >= 15 is 0 Å². The summed E-state index contributed by atoms with van der Waals surface area (Å²) in [6, 6.07) is 8.09. The highest BCUT2D eigenvalue weighted by Crippen LogP contribution is 2.49. The third-order valence-electron chi connectivity index (χ3n) is 4.90. The minimum absolute atomic E-state index is 0.0756. The fourth-order valence-corrected chi connectivity index (χ4v) is 4.26. The number of rotatable bonds is 3. The van der Waals surface area contributed by atoms with E-state index in [0.29, 0.717) is 12.0 Å². The van der Waals surface area contributed by atoms with Gasteiger partial charge in [0, 0.05) is 15.2 Å². The number of amides is 1. The van der Waals surface area contributed by atoms with Crippen molar-refractivity contribution in [2.24, 2.45) is 17.8 Å². The van der Waals surface area contributed by atoms with Gasteiger partial charge in [0.15, 0.2) is 0 Å². The molecule has 0 aromatic heterocycles. The van der Waals surface area contributed by atoms with Gasteiger partial charge >= 0.3 is 0 Å². The molecule has 0 aliphatic heterocycles. The van der Waals surface area contributed by atoms with Crippen molar-refractivity contribution in [1.29, 1.82) is 0 Å². The molecule has 2 aliphatic rings. The smallest absolute Gasteiger partial charge is 0.251 e. The van der Waals surface area contributed by atoms with E-state index in [1.807, 2.05) is 24.3 Å². The molecule has 0 heterocycles. The van der Waals surface area contributed by atoms with Crippen LogP contribution < -0.4 is 5.32 Å². The number of hydrogen-bond acceptors (Lipinski definition) is 1.